The fraction of sp³-hybridized carbons (Fsp3) is 0.273. The molecule has 0 amide bonds. The Labute approximate surface area is 108 Å². The van der Waals surface area contributed by atoms with Crippen LogP contribution in [0.25, 0.3) is 0 Å². The van der Waals surface area contributed by atoms with Gasteiger partial charge in [0.05, 0.1) is 4.92 Å². The number of rotatable bonds is 5. The number of benzene rings is 1. The van der Waals surface area contributed by atoms with E-state index in [1.807, 2.05) is 13.0 Å². The molecule has 1 heterocycles. The molecule has 0 atom stereocenters. The number of hydrogen-bond donors (Lipinski definition) is 0. The van der Waals surface area contributed by atoms with Crippen LogP contribution in [0, 0.1) is 10.1 Å². The van der Waals surface area contributed by atoms with Gasteiger partial charge in [0.25, 0.3) is 10.9 Å². The average Bonchev–Trinajstić information content (AvgIpc) is 2.84. The third-order valence-electron chi connectivity index (χ3n) is 2.23. The predicted molar refractivity (Wildman–Crippen MR) is 66.3 cm³/mol. The van der Waals surface area contributed by atoms with Crippen LogP contribution in [0.15, 0.2) is 33.9 Å². The van der Waals surface area contributed by atoms with Crippen molar-refractivity contribution in [1.29, 1.82) is 0 Å². The first-order chi connectivity index (χ1) is 8.69. The second-order valence-corrected chi connectivity index (χ2v) is 4.46. The van der Waals surface area contributed by atoms with Gasteiger partial charge in [0.15, 0.2) is 0 Å². The molecule has 0 fully saturated rings. The van der Waals surface area contributed by atoms with Crippen molar-refractivity contribution in [2.24, 2.45) is 0 Å². The maximum Gasteiger partial charge on any atom is 0.276 e. The Kier molecular flexibility index (Phi) is 3.93. The van der Waals surface area contributed by atoms with E-state index in [0.717, 1.165) is 5.56 Å². The zero-order chi connectivity index (χ0) is 13.0. The highest BCUT2D eigenvalue weighted by molar-refractivity contribution is 7.98. The first kappa shape index (κ1) is 12.6. The topological polar surface area (TPSA) is 82.1 Å². The maximum atomic E-state index is 10.6. The van der Waals surface area contributed by atoms with Crippen molar-refractivity contribution in [3.05, 3.63) is 45.8 Å². The summed E-state index contributed by atoms with van der Waals surface area (Å²) < 4.78 is 5.34. The first-order valence-corrected chi connectivity index (χ1v) is 6.36. The number of aromatic nitrogens is 2. The summed E-state index contributed by atoms with van der Waals surface area (Å²) in [7, 11) is 0. The Bertz CT molecular complexity index is 556. The van der Waals surface area contributed by atoms with E-state index >= 15 is 0 Å². The van der Waals surface area contributed by atoms with Gasteiger partial charge in [-0.05, 0) is 5.56 Å². The summed E-state index contributed by atoms with van der Waals surface area (Å²) in [5.74, 6) is 1.16. The van der Waals surface area contributed by atoms with E-state index in [2.05, 4.69) is 10.2 Å². The lowest BCUT2D eigenvalue weighted by Crippen LogP contribution is -1.89. The first-order valence-electron chi connectivity index (χ1n) is 5.37. The van der Waals surface area contributed by atoms with Crippen LogP contribution in [0.1, 0.15) is 18.4 Å². The summed E-state index contributed by atoms with van der Waals surface area (Å²) in [5, 5.41) is 18.8. The molecule has 0 aliphatic heterocycles. The fourth-order valence-electron chi connectivity index (χ4n) is 1.34. The molecule has 2 aromatic rings. The van der Waals surface area contributed by atoms with Crippen molar-refractivity contribution in [1.82, 2.24) is 10.2 Å². The van der Waals surface area contributed by atoms with Crippen LogP contribution < -0.4 is 0 Å². The molecule has 0 aliphatic rings. The lowest BCUT2D eigenvalue weighted by Gasteiger charge is -1.98. The van der Waals surface area contributed by atoms with Gasteiger partial charge in [0, 0.05) is 24.3 Å². The second kappa shape index (κ2) is 5.63. The Balaban J connectivity index is 2.01. The number of nitro benzene ring substituents is 1. The van der Waals surface area contributed by atoms with Gasteiger partial charge in [0.1, 0.15) is 0 Å². The molecule has 0 aliphatic carbocycles. The van der Waals surface area contributed by atoms with Gasteiger partial charge < -0.3 is 4.42 Å². The van der Waals surface area contributed by atoms with Crippen LogP contribution in [0.5, 0.6) is 0 Å². The molecule has 0 radical (unpaired) electrons. The summed E-state index contributed by atoms with van der Waals surface area (Å²) in [6.45, 7) is 1.93. The molecular formula is C11H11N3O3S. The minimum Gasteiger partial charge on any atom is -0.416 e. The number of thioether (sulfide) groups is 1. The summed E-state index contributed by atoms with van der Waals surface area (Å²) in [6.07, 6.45) is 0.699. The van der Waals surface area contributed by atoms with E-state index in [1.165, 1.54) is 17.8 Å². The van der Waals surface area contributed by atoms with Crippen molar-refractivity contribution in [3.63, 3.8) is 0 Å². The third-order valence-corrected chi connectivity index (χ3v) is 3.12. The van der Waals surface area contributed by atoms with Gasteiger partial charge >= 0.3 is 0 Å². The number of nitro groups is 1. The lowest BCUT2D eigenvalue weighted by atomic mass is 10.2. The van der Waals surface area contributed by atoms with Gasteiger partial charge in [-0.2, -0.15) is 0 Å². The van der Waals surface area contributed by atoms with Crippen molar-refractivity contribution in [3.8, 4) is 0 Å². The summed E-state index contributed by atoms with van der Waals surface area (Å²) in [4.78, 5) is 10.2. The van der Waals surface area contributed by atoms with Crippen molar-refractivity contribution < 1.29 is 9.34 Å². The molecule has 2 rings (SSSR count). The SMILES string of the molecule is CCc1nnc(SCc2cccc([N+](=O)[O-])c2)o1. The number of nitrogens with zero attached hydrogens (tertiary/aromatic N) is 3. The fourth-order valence-corrected chi connectivity index (χ4v) is 2.07. The highest BCUT2D eigenvalue weighted by Crippen LogP contribution is 2.23. The normalized spacial score (nSPS) is 10.5. The Morgan fingerprint density at radius 1 is 1.44 bits per heavy atom. The van der Waals surface area contributed by atoms with Gasteiger partial charge in [-0.1, -0.05) is 30.8 Å². The number of hydrogen-bond acceptors (Lipinski definition) is 6. The molecule has 0 saturated carbocycles. The van der Waals surface area contributed by atoms with Crippen LogP contribution in [-0.2, 0) is 12.2 Å². The molecule has 0 unspecified atom stereocenters. The van der Waals surface area contributed by atoms with Crippen LogP contribution in [0.4, 0.5) is 5.69 Å². The molecule has 94 valence electrons. The Morgan fingerprint density at radius 3 is 2.94 bits per heavy atom. The predicted octanol–water partition coefficient (Wildman–Crippen LogP) is 2.83. The number of aryl methyl sites for hydroxylation is 1. The molecule has 7 heteroatoms. The second-order valence-electron chi connectivity index (χ2n) is 3.53. The van der Waals surface area contributed by atoms with E-state index < -0.39 is 4.92 Å². The Morgan fingerprint density at radius 2 is 2.28 bits per heavy atom. The van der Waals surface area contributed by atoms with Crippen molar-refractivity contribution in [2.45, 2.75) is 24.3 Å². The zero-order valence-electron chi connectivity index (χ0n) is 9.70. The van der Waals surface area contributed by atoms with Gasteiger partial charge in [-0.25, -0.2) is 0 Å². The molecule has 0 bridgehead atoms. The smallest absolute Gasteiger partial charge is 0.276 e. The van der Waals surface area contributed by atoms with E-state index in [4.69, 9.17) is 4.42 Å². The van der Waals surface area contributed by atoms with Crippen LogP contribution >= 0.6 is 11.8 Å². The van der Waals surface area contributed by atoms with Crippen LogP contribution in [0.3, 0.4) is 0 Å². The quantitative estimate of drug-likeness (QED) is 0.469. The molecule has 1 aromatic carbocycles. The van der Waals surface area contributed by atoms with Gasteiger partial charge in [-0.15, -0.1) is 10.2 Å². The number of non-ortho nitro benzene ring substituents is 1. The van der Waals surface area contributed by atoms with E-state index in [9.17, 15) is 10.1 Å². The lowest BCUT2D eigenvalue weighted by molar-refractivity contribution is -0.384. The summed E-state index contributed by atoms with van der Waals surface area (Å²) in [5.41, 5.74) is 0.943. The van der Waals surface area contributed by atoms with Crippen LogP contribution in [-0.4, -0.2) is 15.1 Å². The maximum absolute atomic E-state index is 10.6. The van der Waals surface area contributed by atoms with E-state index in [-0.39, 0.29) is 5.69 Å². The molecule has 18 heavy (non-hydrogen) atoms. The standard InChI is InChI=1S/C11H11N3O3S/c1-2-10-12-13-11(17-10)18-7-8-4-3-5-9(6-8)14(15)16/h3-6H,2,7H2,1H3. The van der Waals surface area contributed by atoms with Crippen molar-refractivity contribution >= 4 is 17.4 Å². The minimum atomic E-state index is -0.407. The van der Waals surface area contributed by atoms with Crippen molar-refractivity contribution in [2.75, 3.05) is 0 Å². The van der Waals surface area contributed by atoms with E-state index in [0.29, 0.717) is 23.3 Å². The van der Waals surface area contributed by atoms with Gasteiger partial charge in [0.2, 0.25) is 5.89 Å². The molecule has 1 aromatic heterocycles. The Hall–Kier alpha value is -1.89. The summed E-state index contributed by atoms with van der Waals surface area (Å²) in [6, 6.07) is 6.51. The molecular weight excluding hydrogens is 254 g/mol. The van der Waals surface area contributed by atoms with E-state index in [1.54, 1.807) is 12.1 Å². The molecule has 0 spiro atoms. The molecule has 6 nitrogen and oxygen atoms in total. The van der Waals surface area contributed by atoms with Crippen LogP contribution in [0.2, 0.25) is 0 Å². The third kappa shape index (κ3) is 3.07. The highest BCUT2D eigenvalue weighted by atomic mass is 32.2. The largest absolute Gasteiger partial charge is 0.416 e. The highest BCUT2D eigenvalue weighted by Gasteiger charge is 2.08. The zero-order valence-corrected chi connectivity index (χ0v) is 10.5. The monoisotopic (exact) mass is 265 g/mol. The average molecular weight is 265 g/mol. The van der Waals surface area contributed by atoms with Gasteiger partial charge in [-0.3, -0.25) is 10.1 Å². The summed E-state index contributed by atoms with van der Waals surface area (Å²) >= 11 is 1.37. The minimum absolute atomic E-state index is 0.0906. The molecule has 0 saturated heterocycles. The molecule has 0 N–H and O–H groups in total.